The van der Waals surface area contributed by atoms with Crippen molar-refractivity contribution in [1.82, 2.24) is 19.8 Å². The second-order valence-electron chi connectivity index (χ2n) is 7.12. The van der Waals surface area contributed by atoms with Crippen LogP contribution in [-0.2, 0) is 27.2 Å². The van der Waals surface area contributed by atoms with Gasteiger partial charge in [-0.05, 0) is 23.3 Å². The fourth-order valence-corrected chi connectivity index (χ4v) is 3.04. The summed E-state index contributed by atoms with van der Waals surface area (Å²) in [5.74, 6) is -2.52. The molecule has 32 heavy (non-hydrogen) atoms. The molecule has 2 heterocycles. The van der Waals surface area contributed by atoms with E-state index in [1.165, 1.54) is 38.6 Å². The molecule has 0 aliphatic heterocycles. The molecule has 1 aromatic carbocycles. The lowest BCUT2D eigenvalue weighted by Crippen LogP contribution is -2.28. The van der Waals surface area contributed by atoms with Gasteiger partial charge in [-0.15, -0.1) is 0 Å². The molecule has 166 valence electrons. The predicted octanol–water partition coefficient (Wildman–Crippen LogP) is 0.355. The van der Waals surface area contributed by atoms with Crippen molar-refractivity contribution in [2.24, 2.45) is 14.1 Å². The predicted molar refractivity (Wildman–Crippen MR) is 115 cm³/mol. The molecule has 10 nitrogen and oxygen atoms in total. The molecule has 2 aromatic heterocycles. The topological polar surface area (TPSA) is 143 Å². The van der Waals surface area contributed by atoms with Gasteiger partial charge in [0.2, 0.25) is 0 Å². The Morgan fingerprint density at radius 1 is 0.750 bits per heavy atom. The molecular formula is C22H22N4O6. The van der Waals surface area contributed by atoms with Crippen LogP contribution in [-0.4, -0.2) is 31.2 Å². The van der Waals surface area contributed by atoms with Gasteiger partial charge in [0, 0.05) is 39.6 Å². The molecule has 0 saturated carbocycles. The minimum Gasteiger partial charge on any atom is -0.502 e. The second-order valence-corrected chi connectivity index (χ2v) is 7.12. The SMILES string of the molecule is Cn1ccc(C(=O)NCc2ccccc2CNC(=O)c2ccn(C)c(=O)c2O)c(O)c1=O. The summed E-state index contributed by atoms with van der Waals surface area (Å²) < 4.78 is 2.31. The first-order valence-electron chi connectivity index (χ1n) is 9.61. The second kappa shape index (κ2) is 9.21. The number of amides is 2. The number of nitrogens with zero attached hydrogens (tertiary/aromatic N) is 2. The molecule has 4 N–H and O–H groups in total. The van der Waals surface area contributed by atoms with Crippen molar-refractivity contribution in [1.29, 1.82) is 0 Å². The summed E-state index contributed by atoms with van der Waals surface area (Å²) in [7, 11) is 2.92. The number of benzene rings is 1. The van der Waals surface area contributed by atoms with Gasteiger partial charge in [-0.2, -0.15) is 0 Å². The zero-order valence-electron chi connectivity index (χ0n) is 17.5. The molecule has 0 radical (unpaired) electrons. The lowest BCUT2D eigenvalue weighted by atomic mass is 10.1. The van der Waals surface area contributed by atoms with E-state index < -0.39 is 34.4 Å². The summed E-state index contributed by atoms with van der Waals surface area (Å²) >= 11 is 0. The highest BCUT2D eigenvalue weighted by atomic mass is 16.3. The Hall–Kier alpha value is -4.34. The summed E-state index contributed by atoms with van der Waals surface area (Å²) in [6.07, 6.45) is 2.76. The van der Waals surface area contributed by atoms with E-state index in [9.17, 15) is 29.4 Å². The van der Waals surface area contributed by atoms with Gasteiger partial charge < -0.3 is 30.0 Å². The fourth-order valence-electron chi connectivity index (χ4n) is 3.04. The first-order valence-corrected chi connectivity index (χ1v) is 9.61. The minimum atomic E-state index is -0.681. The van der Waals surface area contributed by atoms with E-state index in [-0.39, 0.29) is 24.2 Å². The van der Waals surface area contributed by atoms with E-state index in [1.54, 1.807) is 24.3 Å². The number of aryl methyl sites for hydroxylation is 2. The summed E-state index contributed by atoms with van der Waals surface area (Å²) in [6.45, 7) is 0.160. The quantitative estimate of drug-likeness (QED) is 0.438. The van der Waals surface area contributed by atoms with Crippen molar-refractivity contribution in [3.63, 3.8) is 0 Å². The molecule has 3 aromatic rings. The fraction of sp³-hybridized carbons (Fsp3) is 0.182. The molecule has 0 saturated heterocycles. The average Bonchev–Trinajstić information content (AvgIpc) is 2.78. The van der Waals surface area contributed by atoms with Crippen molar-refractivity contribution in [3.05, 3.63) is 91.8 Å². The molecule has 10 heteroatoms. The highest BCUT2D eigenvalue weighted by Gasteiger charge is 2.17. The molecule has 0 unspecified atom stereocenters. The molecule has 0 aliphatic carbocycles. The van der Waals surface area contributed by atoms with Crippen molar-refractivity contribution >= 4 is 11.8 Å². The molecule has 0 aliphatic rings. The van der Waals surface area contributed by atoms with E-state index in [1.807, 2.05) is 0 Å². The highest BCUT2D eigenvalue weighted by molar-refractivity contribution is 5.97. The maximum absolute atomic E-state index is 12.4. The Balaban J connectivity index is 1.70. The number of hydrogen-bond acceptors (Lipinski definition) is 6. The van der Waals surface area contributed by atoms with Gasteiger partial charge in [0.15, 0.2) is 11.5 Å². The maximum atomic E-state index is 12.4. The number of carbonyl (C=O) groups excluding carboxylic acids is 2. The van der Waals surface area contributed by atoms with Gasteiger partial charge in [0.1, 0.15) is 0 Å². The maximum Gasteiger partial charge on any atom is 0.293 e. The van der Waals surface area contributed by atoms with Gasteiger partial charge in [-0.25, -0.2) is 0 Å². The van der Waals surface area contributed by atoms with Crippen LogP contribution in [0.15, 0.2) is 58.4 Å². The van der Waals surface area contributed by atoms with Gasteiger partial charge in [0.25, 0.3) is 22.9 Å². The minimum absolute atomic E-state index is 0.0800. The smallest absolute Gasteiger partial charge is 0.293 e. The van der Waals surface area contributed by atoms with Crippen molar-refractivity contribution in [2.45, 2.75) is 13.1 Å². The highest BCUT2D eigenvalue weighted by Crippen LogP contribution is 2.14. The molecular weight excluding hydrogens is 416 g/mol. The lowest BCUT2D eigenvalue weighted by molar-refractivity contribution is 0.0936. The molecule has 0 spiro atoms. The van der Waals surface area contributed by atoms with Gasteiger partial charge in [-0.3, -0.25) is 19.2 Å². The third kappa shape index (κ3) is 4.53. The van der Waals surface area contributed by atoms with Crippen LogP contribution in [0.4, 0.5) is 0 Å². The van der Waals surface area contributed by atoms with Gasteiger partial charge >= 0.3 is 0 Å². The Morgan fingerprint density at radius 2 is 1.12 bits per heavy atom. The largest absolute Gasteiger partial charge is 0.502 e. The first-order chi connectivity index (χ1) is 15.2. The van der Waals surface area contributed by atoms with E-state index in [0.717, 1.165) is 9.13 Å². The van der Waals surface area contributed by atoms with Crippen molar-refractivity contribution in [3.8, 4) is 11.5 Å². The van der Waals surface area contributed by atoms with Crippen LogP contribution >= 0.6 is 0 Å². The van der Waals surface area contributed by atoms with Gasteiger partial charge in [-0.1, -0.05) is 24.3 Å². The third-order valence-corrected chi connectivity index (χ3v) is 4.97. The normalized spacial score (nSPS) is 10.6. The number of hydrogen-bond donors (Lipinski definition) is 4. The van der Waals surface area contributed by atoms with Crippen molar-refractivity contribution in [2.75, 3.05) is 0 Å². The zero-order valence-corrected chi connectivity index (χ0v) is 17.5. The van der Waals surface area contributed by atoms with E-state index >= 15 is 0 Å². The van der Waals surface area contributed by atoms with E-state index in [0.29, 0.717) is 11.1 Å². The van der Waals surface area contributed by atoms with Crippen LogP contribution in [0.3, 0.4) is 0 Å². The van der Waals surface area contributed by atoms with Crippen LogP contribution in [0.1, 0.15) is 31.8 Å². The Kier molecular flexibility index (Phi) is 6.43. The van der Waals surface area contributed by atoms with Crippen LogP contribution in [0.25, 0.3) is 0 Å². The molecule has 3 rings (SSSR count). The zero-order chi connectivity index (χ0) is 23.4. The Labute approximate surface area is 182 Å². The first kappa shape index (κ1) is 22.3. The summed E-state index contributed by atoms with van der Waals surface area (Å²) in [5.41, 5.74) is -0.255. The van der Waals surface area contributed by atoms with Crippen LogP contribution in [0, 0.1) is 0 Å². The van der Waals surface area contributed by atoms with E-state index in [2.05, 4.69) is 10.6 Å². The number of carbonyl (C=O) groups is 2. The summed E-state index contributed by atoms with van der Waals surface area (Å²) in [6, 6.07) is 9.71. The van der Waals surface area contributed by atoms with Crippen LogP contribution in [0.2, 0.25) is 0 Å². The number of pyridine rings is 2. The molecule has 0 fully saturated rings. The summed E-state index contributed by atoms with van der Waals surface area (Å²) in [5, 5.41) is 25.1. The van der Waals surface area contributed by atoms with Crippen LogP contribution < -0.4 is 21.8 Å². The number of aromatic nitrogens is 2. The number of rotatable bonds is 6. The number of nitrogens with one attached hydrogen (secondary N) is 2. The molecule has 0 atom stereocenters. The average molecular weight is 438 g/mol. The van der Waals surface area contributed by atoms with Gasteiger partial charge in [0.05, 0.1) is 11.1 Å². The Bertz CT molecular complexity index is 1210. The van der Waals surface area contributed by atoms with Crippen LogP contribution in [0.5, 0.6) is 11.5 Å². The third-order valence-electron chi connectivity index (χ3n) is 4.97. The lowest BCUT2D eigenvalue weighted by Gasteiger charge is -2.13. The summed E-state index contributed by atoms with van der Waals surface area (Å²) in [4.78, 5) is 48.4. The molecule has 2 amide bonds. The monoisotopic (exact) mass is 438 g/mol. The Morgan fingerprint density at radius 3 is 1.50 bits per heavy atom. The molecule has 0 bridgehead atoms. The standard InChI is InChI=1S/C22H22N4O6/c1-25-9-7-15(17(27)21(25)31)19(29)23-11-13-5-3-4-6-14(13)12-24-20(30)16-8-10-26(2)22(32)18(16)28/h3-10,27-28H,11-12H2,1-2H3,(H,23,29)(H,24,30). The van der Waals surface area contributed by atoms with E-state index in [4.69, 9.17) is 0 Å². The number of aromatic hydroxyl groups is 2. The van der Waals surface area contributed by atoms with Crippen molar-refractivity contribution < 1.29 is 19.8 Å².